The Morgan fingerprint density at radius 2 is 0.778 bits per heavy atom. The molecule has 0 heterocycles. The van der Waals surface area contributed by atoms with Gasteiger partial charge in [-0.3, -0.25) is 0 Å². The molecule has 0 unspecified atom stereocenters. The number of rotatable bonds is 3. The van der Waals surface area contributed by atoms with E-state index in [1.165, 1.54) is 88.0 Å². The summed E-state index contributed by atoms with van der Waals surface area (Å²) >= 11 is 0. The van der Waals surface area contributed by atoms with Crippen molar-refractivity contribution in [2.45, 2.75) is 19.3 Å². The SMILES string of the molecule is CC1(C)c2ccc(-c3ccc(-c4c5ccccc5c(-c5ccccc5)c5ccccc45)cc3)cc2-c2cc3ccccc3cc21. The quantitative estimate of drug-likeness (QED) is 0.185. The molecule has 0 N–H and O–H groups in total. The van der Waals surface area contributed by atoms with E-state index < -0.39 is 0 Å². The predicted molar refractivity (Wildman–Crippen MR) is 193 cm³/mol. The maximum Gasteiger partial charge on any atom is 0.0159 e. The first-order valence-electron chi connectivity index (χ1n) is 15.9. The monoisotopic (exact) mass is 572 g/mol. The predicted octanol–water partition coefficient (Wildman–Crippen LogP) is 12.5. The van der Waals surface area contributed by atoms with Crippen LogP contribution < -0.4 is 0 Å². The molecule has 0 fully saturated rings. The lowest BCUT2D eigenvalue weighted by molar-refractivity contribution is 0.661. The lowest BCUT2D eigenvalue weighted by Gasteiger charge is -2.22. The van der Waals surface area contributed by atoms with Crippen molar-refractivity contribution in [2.75, 3.05) is 0 Å². The summed E-state index contributed by atoms with van der Waals surface area (Å²) in [6, 6.07) is 58.3. The summed E-state index contributed by atoms with van der Waals surface area (Å²) in [5, 5.41) is 7.75. The second-order valence-corrected chi connectivity index (χ2v) is 12.9. The maximum absolute atomic E-state index is 2.41. The zero-order valence-electron chi connectivity index (χ0n) is 25.5. The van der Waals surface area contributed by atoms with Gasteiger partial charge in [-0.25, -0.2) is 0 Å². The van der Waals surface area contributed by atoms with E-state index in [4.69, 9.17) is 0 Å². The zero-order chi connectivity index (χ0) is 30.1. The van der Waals surface area contributed by atoms with Crippen LogP contribution in [0.1, 0.15) is 25.0 Å². The van der Waals surface area contributed by atoms with Crippen LogP contribution in [0.5, 0.6) is 0 Å². The Hall–Kier alpha value is -5.46. The Labute approximate surface area is 264 Å². The molecule has 45 heavy (non-hydrogen) atoms. The molecule has 212 valence electrons. The van der Waals surface area contributed by atoms with Crippen molar-refractivity contribution in [1.29, 1.82) is 0 Å². The summed E-state index contributed by atoms with van der Waals surface area (Å²) < 4.78 is 0. The Kier molecular flexibility index (Phi) is 5.64. The van der Waals surface area contributed by atoms with Crippen LogP contribution in [-0.2, 0) is 5.41 Å². The molecule has 1 aliphatic rings. The van der Waals surface area contributed by atoms with Gasteiger partial charge in [0.25, 0.3) is 0 Å². The van der Waals surface area contributed by atoms with Gasteiger partial charge in [0.1, 0.15) is 0 Å². The highest BCUT2D eigenvalue weighted by Gasteiger charge is 2.35. The molecule has 9 rings (SSSR count). The fourth-order valence-electron chi connectivity index (χ4n) is 7.80. The molecule has 0 saturated heterocycles. The van der Waals surface area contributed by atoms with Gasteiger partial charge in [0.05, 0.1) is 0 Å². The molecule has 1 aliphatic carbocycles. The van der Waals surface area contributed by atoms with Gasteiger partial charge in [0, 0.05) is 5.41 Å². The first-order valence-corrected chi connectivity index (χ1v) is 15.9. The summed E-state index contributed by atoms with van der Waals surface area (Å²) in [5.74, 6) is 0. The fourth-order valence-corrected chi connectivity index (χ4v) is 7.80. The number of fused-ring (bicyclic) bond motifs is 6. The summed E-state index contributed by atoms with van der Waals surface area (Å²) in [6.07, 6.45) is 0. The summed E-state index contributed by atoms with van der Waals surface area (Å²) in [5.41, 5.74) is 13.1. The molecule has 0 saturated carbocycles. The first-order chi connectivity index (χ1) is 22.1. The van der Waals surface area contributed by atoms with Crippen LogP contribution in [0.4, 0.5) is 0 Å². The van der Waals surface area contributed by atoms with Crippen molar-refractivity contribution in [2.24, 2.45) is 0 Å². The Bertz CT molecular complexity index is 2370. The zero-order valence-corrected chi connectivity index (χ0v) is 25.5. The minimum absolute atomic E-state index is 0.0227. The molecule has 0 aliphatic heterocycles. The van der Waals surface area contributed by atoms with Crippen LogP contribution in [0.2, 0.25) is 0 Å². The smallest absolute Gasteiger partial charge is 0.0159 e. The third kappa shape index (κ3) is 3.92. The van der Waals surface area contributed by atoms with Crippen molar-refractivity contribution in [3.8, 4) is 44.5 Å². The highest BCUT2D eigenvalue weighted by molar-refractivity contribution is 6.21. The van der Waals surface area contributed by atoms with Crippen molar-refractivity contribution in [3.63, 3.8) is 0 Å². The number of benzene rings is 8. The van der Waals surface area contributed by atoms with Gasteiger partial charge >= 0.3 is 0 Å². The molecule has 8 aromatic rings. The Balaban J connectivity index is 1.19. The molecular weight excluding hydrogens is 540 g/mol. The maximum atomic E-state index is 2.41. The molecular formula is C45H32. The molecule has 0 radical (unpaired) electrons. The van der Waals surface area contributed by atoms with Crippen LogP contribution >= 0.6 is 0 Å². The van der Waals surface area contributed by atoms with Crippen LogP contribution in [0.25, 0.3) is 76.8 Å². The van der Waals surface area contributed by atoms with Crippen LogP contribution in [-0.4, -0.2) is 0 Å². The largest absolute Gasteiger partial charge is 0.0622 e. The molecule has 0 bridgehead atoms. The van der Waals surface area contributed by atoms with E-state index in [0.29, 0.717) is 0 Å². The van der Waals surface area contributed by atoms with Crippen molar-refractivity contribution >= 4 is 32.3 Å². The van der Waals surface area contributed by atoms with Gasteiger partial charge in [-0.2, -0.15) is 0 Å². The summed E-state index contributed by atoms with van der Waals surface area (Å²) in [7, 11) is 0. The fraction of sp³-hybridized carbons (Fsp3) is 0.0667. The molecule has 0 spiro atoms. The molecule has 8 aromatic carbocycles. The third-order valence-corrected chi connectivity index (χ3v) is 10.0. The lowest BCUT2D eigenvalue weighted by atomic mass is 9.81. The van der Waals surface area contributed by atoms with Crippen LogP contribution in [0.15, 0.2) is 158 Å². The molecule has 0 atom stereocenters. The van der Waals surface area contributed by atoms with Crippen molar-refractivity contribution in [1.82, 2.24) is 0 Å². The van der Waals surface area contributed by atoms with Crippen molar-refractivity contribution in [3.05, 3.63) is 169 Å². The lowest BCUT2D eigenvalue weighted by Crippen LogP contribution is -2.14. The topological polar surface area (TPSA) is 0 Å². The highest BCUT2D eigenvalue weighted by Crippen LogP contribution is 2.51. The van der Waals surface area contributed by atoms with E-state index in [0.717, 1.165) is 0 Å². The van der Waals surface area contributed by atoms with Gasteiger partial charge in [-0.1, -0.05) is 153 Å². The Morgan fingerprint density at radius 1 is 0.333 bits per heavy atom. The van der Waals surface area contributed by atoms with Gasteiger partial charge in [0.2, 0.25) is 0 Å². The second-order valence-electron chi connectivity index (χ2n) is 12.9. The second kappa shape index (κ2) is 9.78. The highest BCUT2D eigenvalue weighted by atomic mass is 14.4. The third-order valence-electron chi connectivity index (χ3n) is 10.0. The average Bonchev–Trinajstić information content (AvgIpc) is 3.31. The van der Waals surface area contributed by atoms with Gasteiger partial charge in [-0.15, -0.1) is 0 Å². The minimum Gasteiger partial charge on any atom is -0.0622 e. The normalized spacial score (nSPS) is 13.3. The molecule has 0 nitrogen and oxygen atoms in total. The van der Waals surface area contributed by atoms with E-state index in [1.54, 1.807) is 0 Å². The van der Waals surface area contributed by atoms with Crippen molar-refractivity contribution < 1.29 is 0 Å². The summed E-state index contributed by atoms with van der Waals surface area (Å²) in [6.45, 7) is 4.72. The number of hydrogen-bond acceptors (Lipinski definition) is 0. The van der Waals surface area contributed by atoms with Crippen LogP contribution in [0, 0.1) is 0 Å². The standard InChI is InChI=1S/C45H32/c1-45(2)41-25-24-34(27-39(41)40-26-32-14-6-7-15-33(32)28-42(40)45)29-20-22-31(23-21-29)44-37-18-10-8-16-35(37)43(30-12-4-3-5-13-30)36-17-9-11-19-38(36)44/h3-28H,1-2H3. The molecule has 0 heteroatoms. The van der Waals surface area contributed by atoms with E-state index in [9.17, 15) is 0 Å². The van der Waals surface area contributed by atoms with E-state index in [2.05, 4.69) is 172 Å². The van der Waals surface area contributed by atoms with E-state index in [1.807, 2.05) is 0 Å². The van der Waals surface area contributed by atoms with Crippen LogP contribution in [0.3, 0.4) is 0 Å². The summed E-state index contributed by atoms with van der Waals surface area (Å²) in [4.78, 5) is 0. The van der Waals surface area contributed by atoms with E-state index >= 15 is 0 Å². The molecule has 0 aromatic heterocycles. The minimum atomic E-state index is -0.0227. The van der Waals surface area contributed by atoms with Gasteiger partial charge < -0.3 is 0 Å². The average molecular weight is 573 g/mol. The van der Waals surface area contributed by atoms with Gasteiger partial charge in [-0.05, 0) is 106 Å². The number of hydrogen-bond donors (Lipinski definition) is 0. The van der Waals surface area contributed by atoms with Gasteiger partial charge in [0.15, 0.2) is 0 Å². The molecule has 0 amide bonds. The van der Waals surface area contributed by atoms with E-state index in [-0.39, 0.29) is 5.41 Å². The first kappa shape index (κ1) is 26.0. The Morgan fingerprint density at radius 3 is 1.38 bits per heavy atom.